The molecule has 1 aliphatic heterocycles. The second-order valence-corrected chi connectivity index (χ2v) is 5.28. The molecule has 21 heavy (non-hydrogen) atoms. The van der Waals surface area contributed by atoms with E-state index in [1.165, 1.54) is 17.6 Å². The molecule has 0 amide bonds. The number of nitrogens with zero attached hydrogens (tertiary/aromatic N) is 1. The number of ketones is 1. The average Bonchev–Trinajstić information content (AvgIpc) is 3.02. The first-order valence-corrected chi connectivity index (χ1v) is 7.11. The van der Waals surface area contributed by atoms with E-state index in [4.69, 9.17) is 4.74 Å². The van der Waals surface area contributed by atoms with Crippen LogP contribution >= 0.6 is 0 Å². The maximum Gasteiger partial charge on any atom is 0.255 e. The molecule has 1 aromatic heterocycles. The standard InChI is InChI=1S/C17H17NO3/c1-12(19)14-7-8-17(20)18(11-14)15-5-2-4-13(10-15)16-6-3-9-21-16/h2,4-5,7-8,10-11,16H,3,6,9H2,1H3. The second kappa shape index (κ2) is 5.66. The van der Waals surface area contributed by atoms with Crippen molar-refractivity contribution in [2.45, 2.75) is 25.9 Å². The molecule has 4 nitrogen and oxygen atoms in total. The van der Waals surface area contributed by atoms with Crippen molar-refractivity contribution in [3.8, 4) is 5.69 Å². The molecule has 1 saturated heterocycles. The lowest BCUT2D eigenvalue weighted by Gasteiger charge is -2.13. The van der Waals surface area contributed by atoms with Gasteiger partial charge in [-0.05, 0) is 43.5 Å². The Balaban J connectivity index is 2.04. The normalized spacial score (nSPS) is 17.9. The topological polar surface area (TPSA) is 48.3 Å². The average molecular weight is 283 g/mol. The number of pyridine rings is 1. The molecule has 0 bridgehead atoms. The number of benzene rings is 1. The summed E-state index contributed by atoms with van der Waals surface area (Å²) >= 11 is 0. The van der Waals surface area contributed by atoms with Crippen molar-refractivity contribution in [3.63, 3.8) is 0 Å². The predicted octanol–water partition coefficient (Wildman–Crippen LogP) is 2.89. The van der Waals surface area contributed by atoms with Gasteiger partial charge in [0.1, 0.15) is 0 Å². The zero-order chi connectivity index (χ0) is 14.8. The highest BCUT2D eigenvalue weighted by Crippen LogP contribution is 2.29. The van der Waals surface area contributed by atoms with Gasteiger partial charge in [-0.1, -0.05) is 12.1 Å². The van der Waals surface area contributed by atoms with Gasteiger partial charge in [0.2, 0.25) is 0 Å². The van der Waals surface area contributed by atoms with E-state index in [1.807, 2.05) is 24.3 Å². The first-order chi connectivity index (χ1) is 10.1. The van der Waals surface area contributed by atoms with Crippen LogP contribution in [0.5, 0.6) is 0 Å². The molecule has 1 unspecified atom stereocenters. The summed E-state index contributed by atoms with van der Waals surface area (Å²) in [7, 11) is 0. The fraction of sp³-hybridized carbons (Fsp3) is 0.294. The lowest BCUT2D eigenvalue weighted by atomic mass is 10.1. The van der Waals surface area contributed by atoms with Crippen LogP contribution in [0.4, 0.5) is 0 Å². The number of Topliss-reactive ketones (excluding diaryl/α,β-unsaturated/α-hetero) is 1. The van der Waals surface area contributed by atoms with Crippen LogP contribution in [0, 0.1) is 0 Å². The summed E-state index contributed by atoms with van der Waals surface area (Å²) in [4.78, 5) is 23.5. The van der Waals surface area contributed by atoms with Crippen molar-refractivity contribution in [2.24, 2.45) is 0 Å². The molecule has 2 aromatic rings. The zero-order valence-electron chi connectivity index (χ0n) is 11.9. The minimum Gasteiger partial charge on any atom is -0.374 e. The Morgan fingerprint density at radius 3 is 2.86 bits per heavy atom. The Bertz CT molecular complexity index is 727. The summed E-state index contributed by atoms with van der Waals surface area (Å²) in [6.07, 6.45) is 3.77. The number of hydrogen-bond donors (Lipinski definition) is 0. The lowest BCUT2D eigenvalue weighted by molar-refractivity contribution is 0.101. The Labute approximate surface area is 123 Å². The summed E-state index contributed by atoms with van der Waals surface area (Å²) in [6.45, 7) is 2.28. The van der Waals surface area contributed by atoms with E-state index in [1.54, 1.807) is 12.3 Å². The first kappa shape index (κ1) is 13.8. The zero-order valence-corrected chi connectivity index (χ0v) is 11.9. The van der Waals surface area contributed by atoms with Crippen molar-refractivity contribution < 1.29 is 9.53 Å². The van der Waals surface area contributed by atoms with Crippen molar-refractivity contribution >= 4 is 5.78 Å². The Hall–Kier alpha value is -2.20. The third-order valence-electron chi connectivity index (χ3n) is 3.77. The van der Waals surface area contributed by atoms with E-state index in [0.29, 0.717) is 5.56 Å². The minimum atomic E-state index is -0.149. The van der Waals surface area contributed by atoms with Crippen molar-refractivity contribution in [1.82, 2.24) is 4.57 Å². The molecule has 0 spiro atoms. The summed E-state index contributed by atoms with van der Waals surface area (Å²) in [5, 5.41) is 0. The molecule has 0 saturated carbocycles. The van der Waals surface area contributed by atoms with Gasteiger partial charge in [0.25, 0.3) is 5.56 Å². The number of hydrogen-bond acceptors (Lipinski definition) is 3. The van der Waals surface area contributed by atoms with Gasteiger partial charge in [0.05, 0.1) is 6.10 Å². The van der Waals surface area contributed by atoms with E-state index in [9.17, 15) is 9.59 Å². The molecular formula is C17H17NO3. The summed E-state index contributed by atoms with van der Waals surface area (Å²) < 4.78 is 7.19. The van der Waals surface area contributed by atoms with Crippen LogP contribution in [0.2, 0.25) is 0 Å². The monoisotopic (exact) mass is 283 g/mol. The number of aromatic nitrogens is 1. The van der Waals surface area contributed by atoms with Gasteiger partial charge in [0.15, 0.2) is 5.78 Å². The molecule has 1 aliphatic rings. The molecule has 108 valence electrons. The fourth-order valence-electron chi connectivity index (χ4n) is 2.61. The van der Waals surface area contributed by atoms with Crippen LogP contribution in [0.1, 0.15) is 41.8 Å². The molecular weight excluding hydrogens is 266 g/mol. The van der Waals surface area contributed by atoms with Gasteiger partial charge in [0, 0.05) is 30.1 Å². The smallest absolute Gasteiger partial charge is 0.255 e. The van der Waals surface area contributed by atoms with E-state index in [2.05, 4.69) is 0 Å². The van der Waals surface area contributed by atoms with Gasteiger partial charge in [-0.15, -0.1) is 0 Å². The maximum absolute atomic E-state index is 12.0. The maximum atomic E-state index is 12.0. The van der Waals surface area contributed by atoms with Crippen LogP contribution in [-0.4, -0.2) is 17.0 Å². The molecule has 1 aromatic carbocycles. The van der Waals surface area contributed by atoms with Gasteiger partial charge in [-0.3, -0.25) is 14.2 Å². The third kappa shape index (κ3) is 2.81. The molecule has 2 heterocycles. The van der Waals surface area contributed by atoms with Crippen LogP contribution < -0.4 is 5.56 Å². The largest absolute Gasteiger partial charge is 0.374 e. The van der Waals surface area contributed by atoms with Crippen LogP contribution in [0.3, 0.4) is 0 Å². The van der Waals surface area contributed by atoms with Gasteiger partial charge in [-0.2, -0.15) is 0 Å². The molecule has 3 rings (SSSR count). The Kier molecular flexibility index (Phi) is 3.71. The minimum absolute atomic E-state index is 0.0565. The number of rotatable bonds is 3. The Morgan fingerprint density at radius 2 is 2.14 bits per heavy atom. The van der Waals surface area contributed by atoms with Gasteiger partial charge < -0.3 is 4.74 Å². The predicted molar refractivity (Wildman–Crippen MR) is 80.0 cm³/mol. The number of carbonyl (C=O) groups excluding carboxylic acids is 1. The van der Waals surface area contributed by atoms with Gasteiger partial charge >= 0.3 is 0 Å². The van der Waals surface area contributed by atoms with Crippen LogP contribution in [0.15, 0.2) is 47.4 Å². The summed E-state index contributed by atoms with van der Waals surface area (Å²) in [6, 6.07) is 10.7. The van der Waals surface area contributed by atoms with Crippen molar-refractivity contribution in [1.29, 1.82) is 0 Å². The summed E-state index contributed by atoms with van der Waals surface area (Å²) in [5.41, 5.74) is 2.21. The van der Waals surface area contributed by atoms with Gasteiger partial charge in [-0.25, -0.2) is 0 Å². The Morgan fingerprint density at radius 1 is 1.29 bits per heavy atom. The molecule has 0 aliphatic carbocycles. The van der Waals surface area contributed by atoms with E-state index >= 15 is 0 Å². The molecule has 1 fully saturated rings. The highest BCUT2D eigenvalue weighted by molar-refractivity contribution is 5.93. The highest BCUT2D eigenvalue weighted by atomic mass is 16.5. The molecule has 4 heteroatoms. The van der Waals surface area contributed by atoms with Crippen LogP contribution in [0.25, 0.3) is 5.69 Å². The van der Waals surface area contributed by atoms with E-state index in [-0.39, 0.29) is 17.4 Å². The summed E-state index contributed by atoms with van der Waals surface area (Å²) in [5.74, 6) is -0.0565. The SMILES string of the molecule is CC(=O)c1ccc(=O)n(-c2cccc(C3CCCO3)c2)c1. The number of carbonyl (C=O) groups is 1. The quantitative estimate of drug-likeness (QED) is 0.814. The molecule has 0 N–H and O–H groups in total. The molecule has 1 atom stereocenters. The lowest BCUT2D eigenvalue weighted by Crippen LogP contribution is -2.18. The first-order valence-electron chi connectivity index (χ1n) is 7.11. The van der Waals surface area contributed by atoms with Crippen molar-refractivity contribution in [2.75, 3.05) is 6.61 Å². The van der Waals surface area contributed by atoms with E-state index < -0.39 is 0 Å². The molecule has 0 radical (unpaired) electrons. The van der Waals surface area contributed by atoms with E-state index in [0.717, 1.165) is 30.7 Å². The van der Waals surface area contributed by atoms with Crippen molar-refractivity contribution in [3.05, 3.63) is 64.1 Å². The van der Waals surface area contributed by atoms with Crippen LogP contribution in [-0.2, 0) is 4.74 Å². The third-order valence-corrected chi connectivity index (χ3v) is 3.77. The fourth-order valence-corrected chi connectivity index (χ4v) is 2.61. The number of ether oxygens (including phenoxy) is 1. The highest BCUT2D eigenvalue weighted by Gasteiger charge is 2.18. The second-order valence-electron chi connectivity index (χ2n) is 5.28.